The van der Waals surface area contributed by atoms with Crippen molar-refractivity contribution in [3.63, 3.8) is 0 Å². The van der Waals surface area contributed by atoms with Gasteiger partial charge in [0.05, 0.1) is 6.10 Å². The van der Waals surface area contributed by atoms with Gasteiger partial charge in [-0.25, -0.2) is 0 Å². The Hall–Kier alpha value is -1.06. The first-order chi connectivity index (χ1) is 7.65. The maximum absolute atomic E-state index is 9.26. The van der Waals surface area contributed by atoms with E-state index in [4.69, 9.17) is 4.42 Å². The average molecular weight is 281 g/mol. The molecule has 1 atom stereocenters. The lowest BCUT2D eigenvalue weighted by Crippen LogP contribution is -2.02. The van der Waals surface area contributed by atoms with Crippen molar-refractivity contribution < 1.29 is 9.52 Å². The highest BCUT2D eigenvalue weighted by molar-refractivity contribution is 9.10. The molecule has 0 bridgehead atoms. The Kier molecular flexibility index (Phi) is 3.46. The molecule has 2 aromatic rings. The zero-order valence-corrected chi connectivity index (χ0v) is 10.6. The maximum Gasteiger partial charge on any atom is 0.134 e. The summed E-state index contributed by atoms with van der Waals surface area (Å²) in [6.45, 7) is 1.75. The molecule has 0 radical (unpaired) electrons. The van der Waals surface area contributed by atoms with Gasteiger partial charge in [-0.3, -0.25) is 0 Å². The van der Waals surface area contributed by atoms with Crippen molar-refractivity contribution in [3.8, 4) is 11.3 Å². The van der Waals surface area contributed by atoms with Crippen molar-refractivity contribution in [3.05, 3.63) is 46.6 Å². The van der Waals surface area contributed by atoms with Crippen molar-refractivity contribution >= 4 is 15.9 Å². The number of benzene rings is 1. The second kappa shape index (κ2) is 4.85. The first-order valence-electron chi connectivity index (χ1n) is 5.18. The van der Waals surface area contributed by atoms with E-state index in [9.17, 15) is 5.11 Å². The smallest absolute Gasteiger partial charge is 0.134 e. The summed E-state index contributed by atoms with van der Waals surface area (Å²) in [4.78, 5) is 0. The Balaban J connectivity index is 2.21. The third-order valence-electron chi connectivity index (χ3n) is 2.29. The molecular formula is C13H13BrO2. The van der Waals surface area contributed by atoms with Gasteiger partial charge in [-0.2, -0.15) is 0 Å². The van der Waals surface area contributed by atoms with E-state index in [-0.39, 0.29) is 6.10 Å². The zero-order valence-electron chi connectivity index (χ0n) is 8.98. The third kappa shape index (κ3) is 2.74. The van der Waals surface area contributed by atoms with Crippen LogP contribution in [0.4, 0.5) is 0 Å². The summed E-state index contributed by atoms with van der Waals surface area (Å²) in [6.07, 6.45) is 0.181. The Labute approximate surface area is 103 Å². The Bertz CT molecular complexity index is 457. The predicted molar refractivity (Wildman–Crippen MR) is 67.2 cm³/mol. The van der Waals surface area contributed by atoms with Gasteiger partial charge >= 0.3 is 0 Å². The minimum Gasteiger partial charge on any atom is -0.461 e. The summed E-state index contributed by atoms with van der Waals surface area (Å²) in [5.74, 6) is 1.65. The van der Waals surface area contributed by atoms with Crippen LogP contribution in [0, 0.1) is 0 Å². The van der Waals surface area contributed by atoms with Crippen molar-refractivity contribution in [2.45, 2.75) is 19.4 Å². The van der Waals surface area contributed by atoms with E-state index >= 15 is 0 Å². The normalized spacial score (nSPS) is 12.7. The van der Waals surface area contributed by atoms with Gasteiger partial charge in [0.15, 0.2) is 0 Å². The second-order valence-corrected chi connectivity index (χ2v) is 4.74. The summed E-state index contributed by atoms with van der Waals surface area (Å²) in [6, 6.07) is 11.8. The molecule has 1 aromatic heterocycles. The van der Waals surface area contributed by atoms with E-state index < -0.39 is 0 Å². The van der Waals surface area contributed by atoms with Crippen LogP contribution in [0.2, 0.25) is 0 Å². The highest BCUT2D eigenvalue weighted by Gasteiger charge is 2.06. The van der Waals surface area contributed by atoms with E-state index in [0.29, 0.717) is 6.42 Å². The van der Waals surface area contributed by atoms with Gasteiger partial charge in [0.1, 0.15) is 11.5 Å². The zero-order chi connectivity index (χ0) is 11.5. The maximum atomic E-state index is 9.26. The van der Waals surface area contributed by atoms with Gasteiger partial charge in [0.2, 0.25) is 0 Å². The number of aliphatic hydroxyl groups is 1. The lowest BCUT2D eigenvalue weighted by Gasteiger charge is -2.00. The lowest BCUT2D eigenvalue weighted by atomic mass is 10.2. The number of halogens is 1. The molecule has 0 fully saturated rings. The van der Waals surface area contributed by atoms with Gasteiger partial charge in [-0.05, 0) is 31.2 Å². The van der Waals surface area contributed by atoms with Gasteiger partial charge < -0.3 is 9.52 Å². The van der Waals surface area contributed by atoms with E-state index in [0.717, 1.165) is 21.6 Å². The first kappa shape index (κ1) is 11.4. The van der Waals surface area contributed by atoms with Crippen LogP contribution in [0.1, 0.15) is 12.7 Å². The lowest BCUT2D eigenvalue weighted by molar-refractivity contribution is 0.187. The fourth-order valence-electron chi connectivity index (χ4n) is 1.55. The number of furan rings is 1. The summed E-state index contributed by atoms with van der Waals surface area (Å²) in [7, 11) is 0. The Morgan fingerprint density at radius 3 is 2.50 bits per heavy atom. The molecule has 0 saturated carbocycles. The highest BCUT2D eigenvalue weighted by Crippen LogP contribution is 2.24. The molecule has 0 spiro atoms. The Morgan fingerprint density at radius 1 is 1.19 bits per heavy atom. The van der Waals surface area contributed by atoms with Crippen LogP contribution in [0.3, 0.4) is 0 Å². The van der Waals surface area contributed by atoms with Crippen LogP contribution in [-0.4, -0.2) is 11.2 Å². The van der Waals surface area contributed by atoms with E-state index in [1.54, 1.807) is 6.92 Å². The molecule has 0 aliphatic rings. The third-order valence-corrected chi connectivity index (χ3v) is 2.82. The van der Waals surface area contributed by atoms with Crippen LogP contribution < -0.4 is 0 Å². The molecular weight excluding hydrogens is 268 g/mol. The molecule has 84 valence electrons. The topological polar surface area (TPSA) is 33.4 Å². The molecule has 0 saturated heterocycles. The van der Waals surface area contributed by atoms with Gasteiger partial charge in [-0.1, -0.05) is 28.1 Å². The van der Waals surface area contributed by atoms with Crippen LogP contribution in [-0.2, 0) is 6.42 Å². The predicted octanol–water partition coefficient (Wildman–Crippen LogP) is 3.63. The molecule has 0 amide bonds. The van der Waals surface area contributed by atoms with Crippen molar-refractivity contribution in [2.24, 2.45) is 0 Å². The molecule has 3 heteroatoms. The van der Waals surface area contributed by atoms with Crippen LogP contribution in [0.15, 0.2) is 45.3 Å². The molecule has 0 aliphatic heterocycles. The number of hydrogen-bond donors (Lipinski definition) is 1. The molecule has 1 heterocycles. The molecule has 0 aliphatic carbocycles. The van der Waals surface area contributed by atoms with Crippen LogP contribution in [0.5, 0.6) is 0 Å². The molecule has 1 unspecified atom stereocenters. The van der Waals surface area contributed by atoms with E-state index in [1.807, 2.05) is 36.4 Å². The SMILES string of the molecule is CC(O)Cc1ccc(-c2ccc(Br)cc2)o1. The van der Waals surface area contributed by atoms with Crippen LogP contribution in [0.25, 0.3) is 11.3 Å². The monoisotopic (exact) mass is 280 g/mol. The molecule has 16 heavy (non-hydrogen) atoms. The standard InChI is InChI=1S/C13H13BrO2/c1-9(15)8-12-6-7-13(16-12)10-2-4-11(14)5-3-10/h2-7,9,15H,8H2,1H3. The Morgan fingerprint density at radius 2 is 1.88 bits per heavy atom. The fraction of sp³-hybridized carbons (Fsp3) is 0.231. The first-order valence-corrected chi connectivity index (χ1v) is 5.97. The van der Waals surface area contributed by atoms with E-state index in [1.165, 1.54) is 0 Å². The fourth-order valence-corrected chi connectivity index (χ4v) is 1.81. The summed E-state index contributed by atoms with van der Waals surface area (Å²) in [5.41, 5.74) is 1.04. The summed E-state index contributed by atoms with van der Waals surface area (Å²) in [5, 5.41) is 9.26. The number of aliphatic hydroxyl groups excluding tert-OH is 1. The molecule has 2 nitrogen and oxygen atoms in total. The molecule has 1 N–H and O–H groups in total. The van der Waals surface area contributed by atoms with Crippen molar-refractivity contribution in [1.29, 1.82) is 0 Å². The van der Waals surface area contributed by atoms with Crippen LogP contribution >= 0.6 is 15.9 Å². The van der Waals surface area contributed by atoms with E-state index in [2.05, 4.69) is 15.9 Å². The summed E-state index contributed by atoms with van der Waals surface area (Å²) < 4.78 is 6.69. The van der Waals surface area contributed by atoms with Gasteiger partial charge in [-0.15, -0.1) is 0 Å². The van der Waals surface area contributed by atoms with Gasteiger partial charge in [0, 0.05) is 16.5 Å². The van der Waals surface area contributed by atoms with Crippen molar-refractivity contribution in [2.75, 3.05) is 0 Å². The average Bonchev–Trinajstić information content (AvgIpc) is 2.66. The minimum absolute atomic E-state index is 0.371. The molecule has 2 rings (SSSR count). The van der Waals surface area contributed by atoms with Gasteiger partial charge in [0.25, 0.3) is 0 Å². The number of rotatable bonds is 3. The second-order valence-electron chi connectivity index (χ2n) is 3.83. The quantitative estimate of drug-likeness (QED) is 0.932. The summed E-state index contributed by atoms with van der Waals surface area (Å²) >= 11 is 3.39. The largest absolute Gasteiger partial charge is 0.461 e. The molecule has 1 aromatic carbocycles. The minimum atomic E-state index is -0.371. The van der Waals surface area contributed by atoms with Crippen molar-refractivity contribution in [1.82, 2.24) is 0 Å². The highest BCUT2D eigenvalue weighted by atomic mass is 79.9. The number of hydrogen-bond acceptors (Lipinski definition) is 2.